The Morgan fingerprint density at radius 3 is 0.860 bits per heavy atom. The molecule has 129 heavy (non-hydrogen) atoms. The van der Waals surface area contributed by atoms with Crippen LogP contribution in [0.2, 0.25) is 0 Å². The Hall–Kier alpha value is -17.2. The number of thiophene rings is 1. The second-order valence-electron chi connectivity index (χ2n) is 33.5. The SMILES string of the molecule is c1ccc(-n2c3ccccc3c3c4cccnc4c4c5ccccc5n(-c5ccc6c(c5)oc5ccccc56)c4c32)cc1.c1ccc(-n2c3ccccc3c3c4cccnc4c4c5ccccc5n(-c5ccc6c(c5)sc5ccccc56)c4c32)cc1.c1ccc(-n2c3ccccc3c3c4cccnc4c4c5ccccc5n(-c5ccc6oc7ccccc7c6c5)c4c32)cc1. The standard InChI is InChI=1S/2C39H23N3O.C39H23N3S/c1-2-11-24(12-3-1)41-31-17-7-4-14-28(31)35-30-16-10-22-40-37(30)36-29-15-5-8-18-32(29)42(39(36)38(35)41)25-20-21-27-26-13-6-9-19-33(26)43-34(27)23-25;1-2-11-24(12-3-1)41-31-17-7-4-14-27(31)35-29-16-10-22-40-37(29)36-28-15-5-8-18-32(28)42(39(36)38(35)41)25-20-21-34-30(23-25)26-13-6-9-19-33(26)43-34;1-2-11-24(12-3-1)41-31-17-7-4-14-28(31)35-30-16-10-22-40-37(30)36-29-15-5-8-18-32(29)42(39(36)38(35)41)25-20-21-27-26-13-6-9-19-33(26)43-34(27)23-25/h3*1-23H. The predicted molar refractivity (Wildman–Crippen MR) is 539 cm³/mol. The quantitative estimate of drug-likeness (QED) is 0.165. The average molecular weight is 1660 g/mol. The second kappa shape index (κ2) is 27.7. The average Bonchev–Trinajstić information content (AvgIpc) is 1.54. The molecule has 0 saturated carbocycles. The summed E-state index contributed by atoms with van der Waals surface area (Å²) in [6.45, 7) is 0. The van der Waals surface area contributed by atoms with Crippen molar-refractivity contribution in [2.75, 3.05) is 0 Å². The number of pyridine rings is 3. The summed E-state index contributed by atoms with van der Waals surface area (Å²) in [5.74, 6) is 0. The maximum Gasteiger partial charge on any atom is 0.137 e. The van der Waals surface area contributed by atoms with E-state index in [-0.39, 0.29) is 0 Å². The number of hydrogen-bond donors (Lipinski definition) is 0. The number of para-hydroxylation sites is 11. The highest BCUT2D eigenvalue weighted by Gasteiger charge is 2.31. The van der Waals surface area contributed by atoms with Crippen molar-refractivity contribution in [3.63, 3.8) is 0 Å². The van der Waals surface area contributed by atoms with Crippen LogP contribution in [-0.2, 0) is 0 Å². The van der Waals surface area contributed by atoms with E-state index in [1.165, 1.54) is 124 Å². The summed E-state index contributed by atoms with van der Waals surface area (Å²) >= 11 is 1.86. The van der Waals surface area contributed by atoms with Gasteiger partial charge in [-0.1, -0.05) is 243 Å². The molecule has 600 valence electrons. The van der Waals surface area contributed by atoms with Crippen molar-refractivity contribution in [1.29, 1.82) is 0 Å². The zero-order valence-electron chi connectivity index (χ0n) is 69.1. The topological polar surface area (TPSA) is 94.5 Å². The van der Waals surface area contributed by atoms with Gasteiger partial charge in [-0.2, -0.15) is 0 Å². The smallest absolute Gasteiger partial charge is 0.137 e. The fraction of sp³-hybridized carbons (Fsp3) is 0. The van der Waals surface area contributed by atoms with Crippen LogP contribution in [0.15, 0.2) is 428 Å². The second-order valence-corrected chi connectivity index (χ2v) is 34.6. The van der Waals surface area contributed by atoms with Crippen LogP contribution in [-0.4, -0.2) is 42.4 Å². The molecule has 0 atom stereocenters. The summed E-state index contributed by atoms with van der Waals surface area (Å²) in [6.07, 6.45) is 5.76. The molecule has 0 radical (unpaired) electrons. The Balaban J connectivity index is 0.0000000976. The molecule has 0 aliphatic carbocycles. The number of hydrogen-bond acceptors (Lipinski definition) is 6. The van der Waals surface area contributed by atoms with Crippen LogP contribution >= 0.6 is 11.3 Å². The summed E-state index contributed by atoms with van der Waals surface area (Å²) in [6, 6.07) is 143. The molecule has 12 heteroatoms. The first-order valence-electron chi connectivity index (χ1n) is 43.7. The van der Waals surface area contributed by atoms with E-state index >= 15 is 0 Å². The van der Waals surface area contributed by atoms with E-state index in [1.807, 2.05) is 54.2 Å². The van der Waals surface area contributed by atoms with Crippen LogP contribution in [0.25, 0.3) is 262 Å². The molecule has 0 aliphatic heterocycles. The minimum absolute atomic E-state index is 0.878. The molecular formula is C117H69N9O2S. The summed E-state index contributed by atoms with van der Waals surface area (Å²) in [5, 5.41) is 25.0. The Bertz CT molecular complexity index is 9600. The van der Waals surface area contributed by atoms with Crippen molar-refractivity contribution >= 4 is 239 Å². The first-order chi connectivity index (χ1) is 64.1. The lowest BCUT2D eigenvalue weighted by Gasteiger charge is -2.13. The van der Waals surface area contributed by atoms with Gasteiger partial charge in [-0.3, -0.25) is 15.0 Å². The predicted octanol–water partition coefficient (Wildman–Crippen LogP) is 31.5. The van der Waals surface area contributed by atoms with E-state index in [0.29, 0.717) is 0 Å². The van der Waals surface area contributed by atoms with Crippen molar-refractivity contribution in [1.82, 2.24) is 42.4 Å². The first-order valence-corrected chi connectivity index (χ1v) is 44.5. The number of fused-ring (bicyclic) bond motifs is 39. The van der Waals surface area contributed by atoms with Crippen molar-refractivity contribution in [2.45, 2.75) is 0 Å². The van der Waals surface area contributed by atoms with Gasteiger partial charge < -0.3 is 36.2 Å². The molecule has 12 aromatic heterocycles. The fourth-order valence-corrected chi connectivity index (χ4v) is 22.8. The van der Waals surface area contributed by atoms with Gasteiger partial charge in [-0.15, -0.1) is 11.3 Å². The third-order valence-corrected chi connectivity index (χ3v) is 27.9. The summed E-state index contributed by atoms with van der Waals surface area (Å²) in [4.78, 5) is 15.2. The summed E-state index contributed by atoms with van der Waals surface area (Å²) in [7, 11) is 0. The molecule has 0 saturated heterocycles. The highest BCUT2D eigenvalue weighted by molar-refractivity contribution is 7.25. The van der Waals surface area contributed by atoms with E-state index in [4.69, 9.17) is 23.8 Å². The normalized spacial score (nSPS) is 12.2. The first kappa shape index (κ1) is 71.3. The minimum atomic E-state index is 0.878. The van der Waals surface area contributed by atoms with E-state index in [1.54, 1.807) is 0 Å². The van der Waals surface area contributed by atoms with Crippen LogP contribution < -0.4 is 0 Å². The van der Waals surface area contributed by atoms with Gasteiger partial charge in [-0.25, -0.2) is 0 Å². The molecule has 0 spiro atoms. The molecule has 0 fully saturated rings. The lowest BCUT2D eigenvalue weighted by atomic mass is 10.0. The third-order valence-electron chi connectivity index (χ3n) is 26.8. The molecule has 0 N–H and O–H groups in total. The molecule has 30 aromatic rings. The third kappa shape index (κ3) is 10.2. The summed E-state index contributed by atoms with van der Waals surface area (Å²) in [5.41, 5.74) is 27.4. The van der Waals surface area contributed by atoms with Crippen LogP contribution in [0.3, 0.4) is 0 Å². The molecule has 18 aromatic carbocycles. The van der Waals surface area contributed by atoms with Crippen LogP contribution in [0.4, 0.5) is 0 Å². The molecule has 0 unspecified atom stereocenters. The lowest BCUT2D eigenvalue weighted by molar-refractivity contribution is 0.668. The van der Waals surface area contributed by atoms with Gasteiger partial charge in [0, 0.05) is 176 Å². The maximum atomic E-state index is 6.38. The zero-order valence-corrected chi connectivity index (χ0v) is 69.9. The van der Waals surface area contributed by atoms with Gasteiger partial charge in [0.25, 0.3) is 0 Å². The van der Waals surface area contributed by atoms with E-state index in [0.717, 1.165) is 138 Å². The van der Waals surface area contributed by atoms with Gasteiger partial charge in [0.15, 0.2) is 0 Å². The lowest BCUT2D eigenvalue weighted by Crippen LogP contribution is -1.99. The van der Waals surface area contributed by atoms with Gasteiger partial charge in [0.05, 0.1) is 88.4 Å². The molecule has 0 aliphatic rings. The van der Waals surface area contributed by atoms with Gasteiger partial charge in [0.1, 0.15) is 22.3 Å². The molecule has 11 nitrogen and oxygen atoms in total. The van der Waals surface area contributed by atoms with Crippen molar-refractivity contribution < 1.29 is 8.83 Å². The maximum absolute atomic E-state index is 6.38. The van der Waals surface area contributed by atoms with Gasteiger partial charge in [-0.05, 0) is 152 Å². The fourth-order valence-electron chi connectivity index (χ4n) is 21.6. The number of benzene rings is 18. The van der Waals surface area contributed by atoms with E-state index in [2.05, 4.69) is 404 Å². The molecule has 0 bridgehead atoms. The van der Waals surface area contributed by atoms with E-state index in [9.17, 15) is 0 Å². The Labute approximate surface area is 738 Å². The highest BCUT2D eigenvalue weighted by atomic mass is 32.1. The van der Waals surface area contributed by atoms with Crippen molar-refractivity contribution in [2.24, 2.45) is 0 Å². The van der Waals surface area contributed by atoms with Crippen molar-refractivity contribution in [3.05, 3.63) is 419 Å². The largest absolute Gasteiger partial charge is 0.456 e. The van der Waals surface area contributed by atoms with Crippen LogP contribution in [0, 0.1) is 0 Å². The molecule has 0 amide bonds. The molecule has 12 heterocycles. The Kier molecular flexibility index (Phi) is 15.3. The molecular weight excluding hydrogens is 1600 g/mol. The number of aromatic nitrogens is 9. The van der Waals surface area contributed by atoms with Gasteiger partial charge in [0.2, 0.25) is 0 Å². The highest BCUT2D eigenvalue weighted by Crippen LogP contribution is 2.52. The number of furan rings is 2. The van der Waals surface area contributed by atoms with Crippen LogP contribution in [0.5, 0.6) is 0 Å². The van der Waals surface area contributed by atoms with Crippen molar-refractivity contribution in [3.8, 4) is 34.1 Å². The monoisotopic (exact) mass is 1660 g/mol. The number of nitrogens with zero attached hydrogens (tertiary/aromatic N) is 9. The van der Waals surface area contributed by atoms with Gasteiger partial charge >= 0.3 is 0 Å². The Morgan fingerprint density at radius 1 is 0.171 bits per heavy atom. The van der Waals surface area contributed by atoms with Crippen LogP contribution in [0.1, 0.15) is 0 Å². The number of rotatable bonds is 6. The Morgan fingerprint density at radius 2 is 0.442 bits per heavy atom. The minimum Gasteiger partial charge on any atom is -0.456 e. The van der Waals surface area contributed by atoms with E-state index < -0.39 is 0 Å². The summed E-state index contributed by atoms with van der Waals surface area (Å²) < 4.78 is 29.8. The molecule has 30 rings (SSSR count). The zero-order chi connectivity index (χ0) is 84.2.